The predicted octanol–water partition coefficient (Wildman–Crippen LogP) is 0.377. The van der Waals surface area contributed by atoms with Crippen molar-refractivity contribution in [2.24, 2.45) is 0 Å². The quantitative estimate of drug-likeness (QED) is 0.398. The van der Waals surface area contributed by atoms with E-state index < -0.39 is 0 Å². The van der Waals surface area contributed by atoms with E-state index in [4.69, 9.17) is 0 Å². The van der Waals surface area contributed by atoms with E-state index in [1.54, 1.807) is 0 Å². The Kier molecular flexibility index (Phi) is 2.03. The number of aliphatic hydroxyl groups is 1. The summed E-state index contributed by atoms with van der Waals surface area (Å²) in [5, 5.41) is 12.5. The highest BCUT2D eigenvalue weighted by Crippen LogP contribution is 2.33. The average molecular weight is 147 g/mol. The van der Waals surface area contributed by atoms with E-state index >= 15 is 0 Å². The monoisotopic (exact) mass is 147 g/mol. The van der Waals surface area contributed by atoms with Crippen LogP contribution in [0.3, 0.4) is 0 Å². The Balaban J connectivity index is 2.05. The molecule has 54 valence electrons. The zero-order valence-electron chi connectivity index (χ0n) is 5.59. The lowest BCUT2D eigenvalue weighted by atomic mass is 10.3. The van der Waals surface area contributed by atoms with Crippen molar-refractivity contribution in [2.45, 2.75) is 30.7 Å². The van der Waals surface area contributed by atoms with E-state index in [2.05, 4.69) is 17.9 Å². The molecule has 2 nitrogen and oxygen atoms in total. The molecule has 1 aliphatic carbocycles. The molecular weight excluding hydrogens is 134 g/mol. The summed E-state index contributed by atoms with van der Waals surface area (Å²) >= 11 is 4.12. The third kappa shape index (κ3) is 2.56. The largest absolute Gasteiger partial charge is 0.389 e. The van der Waals surface area contributed by atoms with Crippen LogP contribution in [0.2, 0.25) is 0 Å². The van der Waals surface area contributed by atoms with Gasteiger partial charge in [0.1, 0.15) is 0 Å². The van der Waals surface area contributed by atoms with Crippen LogP contribution in [0.25, 0.3) is 0 Å². The molecule has 1 fully saturated rings. The molecule has 0 saturated heterocycles. The van der Waals surface area contributed by atoms with Crippen LogP contribution in [0, 0.1) is 0 Å². The maximum absolute atomic E-state index is 9.28. The first-order valence-corrected chi connectivity index (χ1v) is 3.78. The Labute approximate surface area is 61.1 Å². The van der Waals surface area contributed by atoms with Crippen LogP contribution >= 0.6 is 12.6 Å². The van der Waals surface area contributed by atoms with Gasteiger partial charge in [-0.1, -0.05) is 0 Å². The molecule has 0 heterocycles. The fourth-order valence-electron chi connectivity index (χ4n) is 0.659. The molecule has 0 radical (unpaired) electrons. The Morgan fingerprint density at radius 2 is 2.33 bits per heavy atom. The lowest BCUT2D eigenvalue weighted by Crippen LogP contribution is -2.31. The second-order valence-electron chi connectivity index (χ2n) is 2.78. The molecule has 1 aliphatic rings. The van der Waals surface area contributed by atoms with Gasteiger partial charge in [-0.05, 0) is 19.8 Å². The Morgan fingerprint density at radius 1 is 1.78 bits per heavy atom. The number of hydrogen-bond donors (Lipinski definition) is 3. The molecule has 0 aromatic rings. The lowest BCUT2D eigenvalue weighted by molar-refractivity contribution is 0.148. The van der Waals surface area contributed by atoms with Crippen molar-refractivity contribution in [3.63, 3.8) is 0 Å². The van der Waals surface area contributed by atoms with Crippen LogP contribution in [-0.2, 0) is 0 Å². The topological polar surface area (TPSA) is 32.3 Å². The molecule has 1 unspecified atom stereocenters. The summed E-state index contributed by atoms with van der Waals surface area (Å²) in [6.45, 7) is 2.65. The van der Waals surface area contributed by atoms with Crippen molar-refractivity contribution >= 4 is 12.6 Å². The molecule has 0 spiro atoms. The van der Waals surface area contributed by atoms with E-state index in [9.17, 15) is 5.11 Å². The molecular formula is C6H13NOS. The van der Waals surface area contributed by atoms with Crippen molar-refractivity contribution in [3.05, 3.63) is 0 Å². The van der Waals surface area contributed by atoms with Crippen molar-refractivity contribution in [1.82, 2.24) is 5.32 Å². The number of rotatable bonds is 3. The molecule has 1 saturated carbocycles. The Morgan fingerprint density at radius 3 is 2.67 bits per heavy atom. The highest BCUT2D eigenvalue weighted by Gasteiger charge is 2.39. The summed E-state index contributed by atoms with van der Waals surface area (Å²) < 4.78 is 0. The van der Waals surface area contributed by atoms with E-state index in [1.165, 1.54) is 0 Å². The van der Waals surface area contributed by atoms with Gasteiger partial charge < -0.3 is 10.4 Å². The van der Waals surface area contributed by atoms with E-state index in [0.717, 1.165) is 12.8 Å². The third-order valence-corrected chi connectivity index (χ3v) is 1.74. The Hall–Kier alpha value is 0.270. The molecule has 1 rings (SSSR count). The van der Waals surface area contributed by atoms with Crippen LogP contribution in [0.15, 0.2) is 0 Å². The minimum atomic E-state index is -0.378. The molecule has 3 heteroatoms. The Bertz CT molecular complexity index is 101. The normalized spacial score (nSPS) is 25.7. The minimum absolute atomic E-state index is 0.189. The van der Waals surface area contributed by atoms with Gasteiger partial charge in [0.15, 0.2) is 0 Å². The van der Waals surface area contributed by atoms with E-state index in [0.29, 0.717) is 6.54 Å². The smallest absolute Gasteiger partial charge is 0.0774 e. The summed E-state index contributed by atoms with van der Waals surface area (Å²) in [6, 6.07) is 0. The predicted molar refractivity (Wildman–Crippen MR) is 40.6 cm³/mol. The first-order valence-electron chi connectivity index (χ1n) is 3.26. The number of nitrogens with one attached hydrogen (secondary N) is 1. The SMILES string of the molecule is CC(S)NCC1(O)CC1. The zero-order chi connectivity index (χ0) is 6.91. The standard InChI is InChI=1S/C6H13NOS/c1-5(9)7-4-6(8)2-3-6/h5,7-9H,2-4H2,1H3. The molecule has 1 atom stereocenters. The molecule has 9 heavy (non-hydrogen) atoms. The summed E-state index contributed by atoms with van der Waals surface area (Å²) in [6.07, 6.45) is 1.89. The molecule has 0 bridgehead atoms. The summed E-state index contributed by atoms with van der Waals surface area (Å²) in [5.41, 5.74) is -0.378. The van der Waals surface area contributed by atoms with E-state index in [-0.39, 0.29) is 11.0 Å². The molecule has 0 aromatic heterocycles. The van der Waals surface area contributed by atoms with Crippen LogP contribution in [0.1, 0.15) is 19.8 Å². The van der Waals surface area contributed by atoms with Gasteiger partial charge in [-0.3, -0.25) is 0 Å². The highest BCUT2D eigenvalue weighted by atomic mass is 32.1. The molecule has 0 aliphatic heterocycles. The first-order chi connectivity index (χ1) is 4.12. The van der Waals surface area contributed by atoms with Gasteiger partial charge >= 0.3 is 0 Å². The maximum atomic E-state index is 9.28. The average Bonchev–Trinajstić information content (AvgIpc) is 2.45. The third-order valence-electron chi connectivity index (χ3n) is 1.55. The summed E-state index contributed by atoms with van der Waals surface area (Å²) in [7, 11) is 0. The van der Waals surface area contributed by atoms with Gasteiger partial charge in [-0.2, -0.15) is 12.6 Å². The second-order valence-corrected chi connectivity index (χ2v) is 3.56. The van der Waals surface area contributed by atoms with Crippen molar-refractivity contribution in [3.8, 4) is 0 Å². The first kappa shape index (κ1) is 7.38. The fraction of sp³-hybridized carbons (Fsp3) is 1.00. The van der Waals surface area contributed by atoms with Gasteiger partial charge in [0.25, 0.3) is 0 Å². The van der Waals surface area contributed by atoms with Crippen molar-refractivity contribution < 1.29 is 5.11 Å². The fourth-order valence-corrected chi connectivity index (χ4v) is 0.750. The molecule has 2 N–H and O–H groups in total. The molecule has 0 amide bonds. The van der Waals surface area contributed by atoms with Crippen LogP contribution < -0.4 is 5.32 Å². The number of thiol groups is 1. The zero-order valence-corrected chi connectivity index (χ0v) is 6.49. The maximum Gasteiger partial charge on any atom is 0.0774 e. The number of hydrogen-bond acceptors (Lipinski definition) is 3. The van der Waals surface area contributed by atoms with Gasteiger partial charge in [-0.25, -0.2) is 0 Å². The van der Waals surface area contributed by atoms with Crippen LogP contribution in [0.5, 0.6) is 0 Å². The second kappa shape index (κ2) is 2.48. The van der Waals surface area contributed by atoms with Gasteiger partial charge in [-0.15, -0.1) is 0 Å². The van der Waals surface area contributed by atoms with E-state index in [1.807, 2.05) is 6.92 Å². The van der Waals surface area contributed by atoms with Crippen molar-refractivity contribution in [1.29, 1.82) is 0 Å². The van der Waals surface area contributed by atoms with Gasteiger partial charge in [0.05, 0.1) is 5.60 Å². The minimum Gasteiger partial charge on any atom is -0.389 e. The highest BCUT2D eigenvalue weighted by molar-refractivity contribution is 7.80. The summed E-state index contributed by atoms with van der Waals surface area (Å²) in [5.74, 6) is 0. The van der Waals surface area contributed by atoms with Crippen LogP contribution in [-0.4, -0.2) is 22.6 Å². The summed E-state index contributed by atoms with van der Waals surface area (Å²) in [4.78, 5) is 0. The van der Waals surface area contributed by atoms with Gasteiger partial charge in [0, 0.05) is 11.9 Å². The lowest BCUT2D eigenvalue weighted by Gasteiger charge is -2.10. The molecule has 0 aromatic carbocycles. The van der Waals surface area contributed by atoms with Crippen molar-refractivity contribution in [2.75, 3.05) is 6.54 Å². The van der Waals surface area contributed by atoms with Crippen LogP contribution in [0.4, 0.5) is 0 Å². The van der Waals surface area contributed by atoms with Gasteiger partial charge in [0.2, 0.25) is 0 Å².